The number of nitrogens with zero attached hydrogens (tertiary/aromatic N) is 1. The Morgan fingerprint density at radius 1 is 0.920 bits per heavy atom. The Balaban J connectivity index is 2.97. The number of halogens is 6. The van der Waals surface area contributed by atoms with Crippen molar-refractivity contribution in [2.24, 2.45) is 0 Å². The monoisotopic (exact) mass is 371 g/mol. The molecule has 0 radical (unpaired) electrons. The maximum atomic E-state index is 12.7. The van der Waals surface area contributed by atoms with Crippen LogP contribution in [-0.4, -0.2) is 43.9 Å². The van der Waals surface area contributed by atoms with Gasteiger partial charge in [-0.3, -0.25) is 14.5 Å². The summed E-state index contributed by atoms with van der Waals surface area (Å²) in [5.74, 6) is -1.27. The number of amides is 2. The maximum Gasteiger partial charge on any atom is 0.416 e. The van der Waals surface area contributed by atoms with Gasteiger partial charge in [0.05, 0.1) is 24.2 Å². The highest BCUT2D eigenvalue weighted by molar-refractivity contribution is 5.92. The van der Waals surface area contributed by atoms with E-state index in [9.17, 15) is 35.9 Å². The second-order valence-electron chi connectivity index (χ2n) is 5.19. The molecule has 5 nitrogen and oxygen atoms in total. The summed E-state index contributed by atoms with van der Waals surface area (Å²) in [7, 11) is 2.76. The predicted molar refractivity (Wildman–Crippen MR) is 76.6 cm³/mol. The quantitative estimate of drug-likeness (QED) is 0.782. The zero-order valence-electron chi connectivity index (χ0n) is 13.2. The number of alkyl halides is 6. The van der Waals surface area contributed by atoms with Gasteiger partial charge in [-0.2, -0.15) is 26.3 Å². The number of benzene rings is 1. The van der Waals surface area contributed by atoms with Gasteiger partial charge in [-0.25, -0.2) is 0 Å². The van der Waals surface area contributed by atoms with Crippen LogP contribution in [0.25, 0.3) is 0 Å². The number of anilines is 1. The Bertz CT molecular complexity index is 610. The molecule has 0 fully saturated rings. The van der Waals surface area contributed by atoms with Crippen LogP contribution in [0.15, 0.2) is 18.2 Å². The molecule has 11 heteroatoms. The van der Waals surface area contributed by atoms with Crippen molar-refractivity contribution in [1.29, 1.82) is 0 Å². The first kappa shape index (κ1) is 20.7. The Kier molecular flexibility index (Phi) is 6.41. The lowest BCUT2D eigenvalue weighted by Crippen LogP contribution is -2.37. The van der Waals surface area contributed by atoms with Crippen LogP contribution < -0.4 is 10.6 Å². The molecule has 0 bridgehead atoms. The fourth-order valence-corrected chi connectivity index (χ4v) is 1.85. The molecule has 0 aromatic heterocycles. The molecule has 1 aromatic rings. The van der Waals surface area contributed by atoms with E-state index >= 15 is 0 Å². The summed E-state index contributed by atoms with van der Waals surface area (Å²) in [6, 6.07) is 0.783. The fourth-order valence-electron chi connectivity index (χ4n) is 1.85. The van der Waals surface area contributed by atoms with Gasteiger partial charge < -0.3 is 10.6 Å². The summed E-state index contributed by atoms with van der Waals surface area (Å²) in [5, 5.41) is 4.28. The van der Waals surface area contributed by atoms with E-state index in [1.807, 2.05) is 5.32 Å². The lowest BCUT2D eigenvalue weighted by atomic mass is 10.1. The van der Waals surface area contributed by atoms with Gasteiger partial charge in [-0.05, 0) is 25.2 Å². The molecule has 0 heterocycles. The number of carbonyl (C=O) groups excluding carboxylic acids is 2. The molecule has 0 spiro atoms. The van der Waals surface area contributed by atoms with Crippen LogP contribution in [0.2, 0.25) is 0 Å². The van der Waals surface area contributed by atoms with E-state index in [0.717, 1.165) is 0 Å². The predicted octanol–water partition coefficient (Wildman–Crippen LogP) is 2.34. The summed E-state index contributed by atoms with van der Waals surface area (Å²) in [5.41, 5.74) is -3.70. The van der Waals surface area contributed by atoms with Crippen molar-refractivity contribution in [1.82, 2.24) is 10.2 Å². The van der Waals surface area contributed by atoms with Crippen LogP contribution in [0, 0.1) is 0 Å². The van der Waals surface area contributed by atoms with Crippen LogP contribution in [0.5, 0.6) is 0 Å². The second-order valence-corrected chi connectivity index (χ2v) is 5.19. The number of nitrogens with one attached hydrogen (secondary N) is 2. The van der Waals surface area contributed by atoms with E-state index in [4.69, 9.17) is 0 Å². The van der Waals surface area contributed by atoms with Crippen molar-refractivity contribution in [2.75, 3.05) is 32.5 Å². The summed E-state index contributed by atoms with van der Waals surface area (Å²) in [6.45, 7) is -0.564. The van der Waals surface area contributed by atoms with Crippen molar-refractivity contribution in [2.45, 2.75) is 12.4 Å². The normalized spacial score (nSPS) is 12.2. The minimum absolute atomic E-state index is 0.0344. The molecule has 0 atom stereocenters. The van der Waals surface area contributed by atoms with Gasteiger partial charge in [-0.15, -0.1) is 0 Å². The average molecular weight is 371 g/mol. The molecule has 0 aliphatic heterocycles. The van der Waals surface area contributed by atoms with E-state index < -0.39 is 47.5 Å². The highest BCUT2D eigenvalue weighted by Crippen LogP contribution is 2.37. The van der Waals surface area contributed by atoms with Crippen LogP contribution in [0.3, 0.4) is 0 Å². The molecule has 0 saturated heterocycles. The lowest BCUT2D eigenvalue weighted by Gasteiger charge is -2.17. The molecule has 0 saturated carbocycles. The molecule has 2 N–H and O–H groups in total. The first-order valence-electron chi connectivity index (χ1n) is 6.81. The third-order valence-electron chi connectivity index (χ3n) is 2.98. The van der Waals surface area contributed by atoms with E-state index in [1.54, 1.807) is 0 Å². The molecule has 1 rings (SSSR count). The van der Waals surface area contributed by atoms with Crippen molar-refractivity contribution >= 4 is 17.5 Å². The number of likely N-dealkylation sites (N-methyl/N-ethyl adjacent to an activating group) is 2. The van der Waals surface area contributed by atoms with Gasteiger partial charge in [0, 0.05) is 12.7 Å². The molecule has 25 heavy (non-hydrogen) atoms. The molecule has 140 valence electrons. The van der Waals surface area contributed by atoms with Crippen LogP contribution in [-0.2, 0) is 21.9 Å². The summed E-state index contributed by atoms with van der Waals surface area (Å²) < 4.78 is 76.4. The molecular formula is C14H15F6N3O2. The summed E-state index contributed by atoms with van der Waals surface area (Å²) in [6.07, 6.45) is -10.0. The summed E-state index contributed by atoms with van der Waals surface area (Å²) in [4.78, 5) is 24.1. The highest BCUT2D eigenvalue weighted by Gasteiger charge is 2.37. The van der Waals surface area contributed by atoms with E-state index in [2.05, 4.69) is 5.32 Å². The third-order valence-corrected chi connectivity index (χ3v) is 2.98. The first-order chi connectivity index (χ1) is 11.3. The highest BCUT2D eigenvalue weighted by atomic mass is 19.4. The van der Waals surface area contributed by atoms with Crippen LogP contribution in [0.1, 0.15) is 11.1 Å². The fraction of sp³-hybridized carbons (Fsp3) is 0.429. The van der Waals surface area contributed by atoms with E-state index in [-0.39, 0.29) is 12.6 Å². The van der Waals surface area contributed by atoms with Gasteiger partial charge in [0.15, 0.2) is 0 Å². The Morgan fingerprint density at radius 3 is 1.76 bits per heavy atom. The Morgan fingerprint density at radius 2 is 1.36 bits per heavy atom. The Hall–Kier alpha value is -2.30. The van der Waals surface area contributed by atoms with Crippen LogP contribution in [0.4, 0.5) is 32.0 Å². The molecule has 0 unspecified atom stereocenters. The topological polar surface area (TPSA) is 61.4 Å². The zero-order chi connectivity index (χ0) is 19.4. The van der Waals surface area contributed by atoms with Gasteiger partial charge >= 0.3 is 12.4 Å². The van der Waals surface area contributed by atoms with Crippen molar-refractivity contribution in [3.8, 4) is 0 Å². The van der Waals surface area contributed by atoms with Gasteiger partial charge in [0.1, 0.15) is 0 Å². The largest absolute Gasteiger partial charge is 0.416 e. The zero-order valence-corrected chi connectivity index (χ0v) is 13.2. The first-order valence-corrected chi connectivity index (χ1v) is 6.81. The standard InChI is InChI=1S/C14H15F6N3O2/c1-21-11(24)6-23(2)7-12(25)22-10-4-8(13(15,16)17)3-9(5-10)14(18,19)20/h3-5H,6-7H2,1-2H3,(H,21,24)(H,22,25). The Labute approximate surface area is 139 Å². The molecule has 0 aliphatic carbocycles. The maximum absolute atomic E-state index is 12.7. The minimum atomic E-state index is -5.00. The smallest absolute Gasteiger partial charge is 0.358 e. The number of hydrogen-bond acceptors (Lipinski definition) is 3. The van der Waals surface area contributed by atoms with Crippen molar-refractivity contribution in [3.63, 3.8) is 0 Å². The number of hydrogen-bond donors (Lipinski definition) is 2. The molecule has 0 aliphatic rings. The lowest BCUT2D eigenvalue weighted by molar-refractivity contribution is -0.143. The summed E-state index contributed by atoms with van der Waals surface area (Å²) >= 11 is 0. The van der Waals surface area contributed by atoms with E-state index in [1.165, 1.54) is 19.0 Å². The van der Waals surface area contributed by atoms with E-state index in [0.29, 0.717) is 12.1 Å². The SMILES string of the molecule is CNC(=O)CN(C)CC(=O)Nc1cc(C(F)(F)F)cc(C(F)(F)F)c1. The second kappa shape index (κ2) is 7.72. The minimum Gasteiger partial charge on any atom is -0.358 e. The van der Waals surface area contributed by atoms with Gasteiger partial charge in [-0.1, -0.05) is 0 Å². The number of carbonyl (C=O) groups is 2. The van der Waals surface area contributed by atoms with Crippen molar-refractivity contribution < 1.29 is 35.9 Å². The van der Waals surface area contributed by atoms with Crippen molar-refractivity contribution in [3.05, 3.63) is 29.3 Å². The molecular weight excluding hydrogens is 356 g/mol. The van der Waals surface area contributed by atoms with Gasteiger partial charge in [0.25, 0.3) is 0 Å². The number of rotatable bonds is 5. The third kappa shape index (κ3) is 6.61. The van der Waals surface area contributed by atoms with Crippen LogP contribution >= 0.6 is 0 Å². The average Bonchev–Trinajstić information content (AvgIpc) is 2.44. The molecule has 1 aromatic carbocycles. The van der Waals surface area contributed by atoms with Gasteiger partial charge in [0.2, 0.25) is 11.8 Å². The molecule has 2 amide bonds.